The van der Waals surface area contributed by atoms with Crippen molar-refractivity contribution >= 4 is 17.8 Å². The smallest absolute Gasteiger partial charge is 0.306 e. The molecule has 2 atom stereocenters. The van der Waals surface area contributed by atoms with Gasteiger partial charge in [0.05, 0.1) is 18.6 Å². The van der Waals surface area contributed by atoms with E-state index in [9.17, 15) is 14.4 Å². The van der Waals surface area contributed by atoms with Crippen LogP contribution in [0.25, 0.3) is 0 Å². The molecule has 0 bridgehead atoms. The molecule has 0 aromatic carbocycles. The summed E-state index contributed by atoms with van der Waals surface area (Å²) in [5, 5.41) is 2.52. The molecule has 1 rings (SSSR count). The minimum atomic E-state index is -0.956. The molecule has 114 valence electrons. The standard InChI is InChI=1S/C14H19N3O4/c1-3-21-11(18)7-9(2)12(13(15)19)17-14(20)10-5-4-6-16-8-10/h4-6,8-9,12H,3,7H2,1-2H3,(H2,15,19)(H,17,20)/t9-,12+/m0/s1. The van der Waals surface area contributed by atoms with Crippen molar-refractivity contribution in [2.75, 3.05) is 6.61 Å². The van der Waals surface area contributed by atoms with Crippen LogP contribution in [0, 0.1) is 5.92 Å². The van der Waals surface area contributed by atoms with Crippen LogP contribution >= 0.6 is 0 Å². The summed E-state index contributed by atoms with van der Waals surface area (Å²) in [6, 6.07) is 2.22. The molecule has 1 heterocycles. The van der Waals surface area contributed by atoms with Crippen LogP contribution in [0.2, 0.25) is 0 Å². The number of carbonyl (C=O) groups is 3. The van der Waals surface area contributed by atoms with Gasteiger partial charge in [0.1, 0.15) is 6.04 Å². The Morgan fingerprint density at radius 2 is 2.14 bits per heavy atom. The molecule has 0 saturated heterocycles. The molecule has 3 N–H and O–H groups in total. The zero-order valence-electron chi connectivity index (χ0n) is 12.0. The van der Waals surface area contributed by atoms with Crippen LogP contribution in [0.1, 0.15) is 30.6 Å². The Hall–Kier alpha value is -2.44. The third kappa shape index (κ3) is 5.21. The van der Waals surface area contributed by atoms with Gasteiger partial charge in [0, 0.05) is 12.4 Å². The number of rotatable bonds is 7. The third-order valence-corrected chi connectivity index (χ3v) is 2.88. The number of hydrogen-bond donors (Lipinski definition) is 2. The predicted octanol–water partition coefficient (Wildman–Crippen LogP) is 0.255. The van der Waals surface area contributed by atoms with Crippen molar-refractivity contribution in [3.8, 4) is 0 Å². The molecule has 2 amide bonds. The third-order valence-electron chi connectivity index (χ3n) is 2.88. The summed E-state index contributed by atoms with van der Waals surface area (Å²) in [7, 11) is 0. The van der Waals surface area contributed by atoms with Crippen LogP contribution in [0.4, 0.5) is 0 Å². The second-order valence-corrected chi connectivity index (χ2v) is 4.58. The lowest BCUT2D eigenvalue weighted by Crippen LogP contribution is -2.49. The maximum Gasteiger partial charge on any atom is 0.306 e. The molecule has 7 nitrogen and oxygen atoms in total. The summed E-state index contributed by atoms with van der Waals surface area (Å²) < 4.78 is 4.82. The molecule has 0 aliphatic carbocycles. The Balaban J connectivity index is 2.71. The van der Waals surface area contributed by atoms with Crippen molar-refractivity contribution in [2.45, 2.75) is 26.3 Å². The number of nitrogens with two attached hydrogens (primary N) is 1. The van der Waals surface area contributed by atoms with Gasteiger partial charge in [0.2, 0.25) is 5.91 Å². The summed E-state index contributed by atoms with van der Waals surface area (Å²) in [6.45, 7) is 3.60. The molecule has 0 saturated carbocycles. The normalized spacial score (nSPS) is 13.0. The SMILES string of the molecule is CCOC(=O)C[C@H](C)[C@@H](NC(=O)c1cccnc1)C(N)=O. The van der Waals surface area contributed by atoms with E-state index >= 15 is 0 Å². The van der Waals surface area contributed by atoms with E-state index in [4.69, 9.17) is 10.5 Å². The van der Waals surface area contributed by atoms with E-state index in [-0.39, 0.29) is 13.0 Å². The van der Waals surface area contributed by atoms with Gasteiger partial charge >= 0.3 is 5.97 Å². The van der Waals surface area contributed by atoms with Crippen LogP contribution in [0.15, 0.2) is 24.5 Å². The first-order valence-electron chi connectivity index (χ1n) is 6.61. The first-order valence-corrected chi connectivity index (χ1v) is 6.61. The average Bonchev–Trinajstić information content (AvgIpc) is 2.45. The lowest BCUT2D eigenvalue weighted by atomic mass is 9.97. The Kier molecular flexibility index (Phi) is 6.32. The Bertz CT molecular complexity index is 504. The van der Waals surface area contributed by atoms with Gasteiger partial charge in [-0.3, -0.25) is 19.4 Å². The summed E-state index contributed by atoms with van der Waals surface area (Å²) in [4.78, 5) is 38.8. The largest absolute Gasteiger partial charge is 0.466 e. The number of nitrogens with one attached hydrogen (secondary N) is 1. The lowest BCUT2D eigenvalue weighted by molar-refractivity contribution is -0.144. The number of pyridine rings is 1. The molecule has 1 aromatic rings. The van der Waals surface area contributed by atoms with Crippen LogP contribution < -0.4 is 11.1 Å². The Morgan fingerprint density at radius 1 is 1.43 bits per heavy atom. The van der Waals surface area contributed by atoms with Crippen LogP contribution in [-0.4, -0.2) is 35.4 Å². The second-order valence-electron chi connectivity index (χ2n) is 4.58. The van der Waals surface area contributed by atoms with Gasteiger partial charge in [-0.05, 0) is 25.0 Å². The number of esters is 1. The van der Waals surface area contributed by atoms with Gasteiger partial charge in [0.15, 0.2) is 0 Å². The predicted molar refractivity (Wildman–Crippen MR) is 75.1 cm³/mol. The van der Waals surface area contributed by atoms with E-state index in [1.807, 2.05) is 0 Å². The van der Waals surface area contributed by atoms with Crippen molar-refractivity contribution in [2.24, 2.45) is 11.7 Å². The van der Waals surface area contributed by atoms with Gasteiger partial charge < -0.3 is 15.8 Å². The number of hydrogen-bond acceptors (Lipinski definition) is 5. The van der Waals surface area contributed by atoms with Gasteiger partial charge in [-0.25, -0.2) is 0 Å². The van der Waals surface area contributed by atoms with E-state index in [2.05, 4.69) is 10.3 Å². The number of nitrogens with zero attached hydrogens (tertiary/aromatic N) is 1. The van der Waals surface area contributed by atoms with Gasteiger partial charge in [-0.2, -0.15) is 0 Å². The quantitative estimate of drug-likeness (QED) is 0.700. The number of ether oxygens (including phenoxy) is 1. The monoisotopic (exact) mass is 293 g/mol. The fourth-order valence-electron chi connectivity index (χ4n) is 1.82. The summed E-state index contributed by atoms with van der Waals surface area (Å²) in [6.07, 6.45) is 2.91. The number of amides is 2. The first kappa shape index (κ1) is 16.6. The van der Waals surface area contributed by atoms with Crippen molar-refractivity contribution in [1.82, 2.24) is 10.3 Å². The number of carbonyl (C=O) groups excluding carboxylic acids is 3. The average molecular weight is 293 g/mol. The fraction of sp³-hybridized carbons (Fsp3) is 0.429. The summed E-state index contributed by atoms with van der Waals surface area (Å²) >= 11 is 0. The molecule has 0 spiro atoms. The minimum absolute atomic E-state index is 0.00519. The van der Waals surface area contributed by atoms with Crippen molar-refractivity contribution in [3.05, 3.63) is 30.1 Å². The molecule has 7 heteroatoms. The lowest BCUT2D eigenvalue weighted by Gasteiger charge is -2.21. The van der Waals surface area contributed by atoms with Crippen LogP contribution in [0.3, 0.4) is 0 Å². The molecule has 0 aliphatic heterocycles. The zero-order valence-corrected chi connectivity index (χ0v) is 12.0. The first-order chi connectivity index (χ1) is 9.95. The fourth-order valence-corrected chi connectivity index (χ4v) is 1.82. The molecule has 0 aliphatic rings. The molecule has 0 unspecified atom stereocenters. The highest BCUT2D eigenvalue weighted by Gasteiger charge is 2.27. The van der Waals surface area contributed by atoms with E-state index in [0.717, 1.165) is 0 Å². The maximum atomic E-state index is 12.0. The van der Waals surface area contributed by atoms with Crippen LogP contribution in [0.5, 0.6) is 0 Å². The molecule has 1 aromatic heterocycles. The molecular formula is C14H19N3O4. The second kappa shape index (κ2) is 7.98. The van der Waals surface area contributed by atoms with E-state index in [0.29, 0.717) is 5.56 Å². The maximum absolute atomic E-state index is 12.0. The van der Waals surface area contributed by atoms with E-state index in [1.54, 1.807) is 26.0 Å². The molecule has 0 fully saturated rings. The Morgan fingerprint density at radius 3 is 2.67 bits per heavy atom. The van der Waals surface area contributed by atoms with Gasteiger partial charge in [-0.1, -0.05) is 6.92 Å². The van der Waals surface area contributed by atoms with Crippen molar-refractivity contribution in [1.29, 1.82) is 0 Å². The van der Waals surface area contributed by atoms with E-state index < -0.39 is 29.7 Å². The van der Waals surface area contributed by atoms with Gasteiger partial charge in [0.25, 0.3) is 5.91 Å². The Labute approximate surface area is 122 Å². The van der Waals surface area contributed by atoms with Crippen LogP contribution in [-0.2, 0) is 14.3 Å². The number of aromatic nitrogens is 1. The van der Waals surface area contributed by atoms with Crippen molar-refractivity contribution in [3.63, 3.8) is 0 Å². The molecule has 21 heavy (non-hydrogen) atoms. The molecule has 0 radical (unpaired) electrons. The summed E-state index contributed by atoms with van der Waals surface area (Å²) in [5.74, 6) is -2.08. The minimum Gasteiger partial charge on any atom is -0.466 e. The highest BCUT2D eigenvalue weighted by Crippen LogP contribution is 2.10. The molecular weight excluding hydrogens is 274 g/mol. The zero-order chi connectivity index (χ0) is 15.8. The highest BCUT2D eigenvalue weighted by atomic mass is 16.5. The topological polar surface area (TPSA) is 111 Å². The van der Waals surface area contributed by atoms with Crippen molar-refractivity contribution < 1.29 is 19.1 Å². The van der Waals surface area contributed by atoms with Gasteiger partial charge in [-0.15, -0.1) is 0 Å². The van der Waals surface area contributed by atoms with E-state index in [1.165, 1.54) is 12.4 Å². The number of primary amides is 1. The summed E-state index contributed by atoms with van der Waals surface area (Å²) in [5.41, 5.74) is 5.60. The highest BCUT2D eigenvalue weighted by molar-refractivity contribution is 5.97.